The summed E-state index contributed by atoms with van der Waals surface area (Å²) in [6.45, 7) is 3.98. The van der Waals surface area contributed by atoms with Crippen molar-refractivity contribution in [2.75, 3.05) is 19.6 Å². The molecule has 0 aliphatic carbocycles. The number of fused-ring (bicyclic) bond motifs is 2. The minimum absolute atomic E-state index is 0.0244. The Morgan fingerprint density at radius 3 is 2.66 bits per heavy atom. The summed E-state index contributed by atoms with van der Waals surface area (Å²) in [7, 11) is 1.92. The number of benzene rings is 1. The molecule has 0 N–H and O–H groups in total. The molecule has 4 heterocycles. The van der Waals surface area contributed by atoms with Crippen LogP contribution in [0.3, 0.4) is 0 Å². The van der Waals surface area contributed by atoms with Crippen molar-refractivity contribution < 1.29 is 9.59 Å². The molecule has 0 radical (unpaired) electrons. The molecule has 2 fully saturated rings. The molecule has 29 heavy (non-hydrogen) atoms. The number of hydrogen-bond donors (Lipinski definition) is 0. The van der Waals surface area contributed by atoms with Gasteiger partial charge in [0.15, 0.2) is 0 Å². The maximum Gasteiger partial charge on any atom is 0.259 e. The van der Waals surface area contributed by atoms with E-state index in [2.05, 4.69) is 17.2 Å². The molecule has 7 nitrogen and oxygen atoms in total. The first kappa shape index (κ1) is 18.0. The monoisotopic (exact) mass is 391 g/mol. The number of hydrogen-bond acceptors (Lipinski definition) is 3. The fourth-order valence-electron chi connectivity index (χ4n) is 5.12. The zero-order chi connectivity index (χ0) is 20.1. The van der Waals surface area contributed by atoms with E-state index in [0.717, 1.165) is 11.2 Å². The first-order chi connectivity index (χ1) is 14.1. The number of aromatic nitrogens is 3. The van der Waals surface area contributed by atoms with Gasteiger partial charge >= 0.3 is 0 Å². The van der Waals surface area contributed by atoms with E-state index in [4.69, 9.17) is 0 Å². The van der Waals surface area contributed by atoms with Crippen molar-refractivity contribution in [1.82, 2.24) is 24.0 Å². The highest BCUT2D eigenvalue weighted by atomic mass is 16.2. The summed E-state index contributed by atoms with van der Waals surface area (Å²) in [4.78, 5) is 29.9. The number of carbonyl (C=O) groups is 2. The molecular weight excluding hydrogens is 366 g/mol. The van der Waals surface area contributed by atoms with E-state index >= 15 is 0 Å². The number of imidazole rings is 1. The van der Waals surface area contributed by atoms with Crippen LogP contribution in [0.25, 0.3) is 5.65 Å². The van der Waals surface area contributed by atoms with Gasteiger partial charge in [-0.1, -0.05) is 37.3 Å². The van der Waals surface area contributed by atoms with E-state index in [1.807, 2.05) is 58.9 Å². The van der Waals surface area contributed by atoms with Crippen molar-refractivity contribution in [3.05, 3.63) is 60.0 Å². The predicted octanol–water partition coefficient (Wildman–Crippen LogP) is 2.35. The van der Waals surface area contributed by atoms with Crippen LogP contribution >= 0.6 is 0 Å². The minimum Gasteiger partial charge on any atom is -0.338 e. The third-order valence-corrected chi connectivity index (χ3v) is 6.48. The molecule has 150 valence electrons. The SMILES string of the molecule is CCC(=O)N1C[C@@H]2CN(C(=O)c3cnn4ccn(C)c34)C[C@@H]2[C@@H]1c1ccccc1. The van der Waals surface area contributed by atoms with Crippen molar-refractivity contribution in [1.29, 1.82) is 0 Å². The van der Waals surface area contributed by atoms with Gasteiger partial charge < -0.3 is 14.4 Å². The number of amides is 2. The van der Waals surface area contributed by atoms with Crippen LogP contribution in [0.15, 0.2) is 48.9 Å². The second kappa shape index (κ2) is 6.76. The highest BCUT2D eigenvalue weighted by Gasteiger charge is 2.50. The van der Waals surface area contributed by atoms with Crippen LogP contribution in [-0.2, 0) is 11.8 Å². The van der Waals surface area contributed by atoms with E-state index < -0.39 is 0 Å². The van der Waals surface area contributed by atoms with Crippen LogP contribution in [0, 0.1) is 11.8 Å². The molecule has 2 amide bonds. The van der Waals surface area contributed by atoms with Gasteiger partial charge in [0.05, 0.1) is 12.2 Å². The summed E-state index contributed by atoms with van der Waals surface area (Å²) in [5.41, 5.74) is 2.61. The van der Waals surface area contributed by atoms with Gasteiger partial charge in [-0.05, 0) is 5.56 Å². The second-order valence-corrected chi connectivity index (χ2v) is 8.12. The Morgan fingerprint density at radius 2 is 1.90 bits per heavy atom. The van der Waals surface area contributed by atoms with Gasteiger partial charge in [-0.25, -0.2) is 4.52 Å². The Morgan fingerprint density at radius 1 is 1.10 bits per heavy atom. The predicted molar refractivity (Wildman–Crippen MR) is 108 cm³/mol. The zero-order valence-electron chi connectivity index (χ0n) is 16.7. The Bertz CT molecular complexity index is 1070. The van der Waals surface area contributed by atoms with E-state index in [1.165, 1.54) is 0 Å². The highest BCUT2D eigenvalue weighted by Crippen LogP contribution is 2.45. The van der Waals surface area contributed by atoms with Gasteiger partial charge in [0, 0.05) is 57.3 Å². The topological polar surface area (TPSA) is 62.9 Å². The standard InChI is InChI=1S/C22H25N5O2/c1-3-19(28)26-13-16-12-25(14-18(16)20(26)15-7-5-4-6-8-15)22(29)17-11-23-27-10-9-24(2)21(17)27/h4-11,16,18,20H,3,12-14H2,1-2H3/t16-,18-,20-/m0/s1. The Labute approximate surface area is 169 Å². The Hall–Kier alpha value is -3.09. The van der Waals surface area contributed by atoms with Crippen LogP contribution in [0.2, 0.25) is 0 Å². The largest absolute Gasteiger partial charge is 0.338 e. The molecule has 3 aromatic rings. The summed E-state index contributed by atoms with van der Waals surface area (Å²) in [5.74, 6) is 0.778. The summed E-state index contributed by atoms with van der Waals surface area (Å²) in [6, 6.07) is 10.3. The first-order valence-electron chi connectivity index (χ1n) is 10.2. The van der Waals surface area contributed by atoms with Crippen molar-refractivity contribution in [2.24, 2.45) is 18.9 Å². The van der Waals surface area contributed by atoms with Crippen LogP contribution in [0.4, 0.5) is 0 Å². The molecule has 0 spiro atoms. The van der Waals surface area contributed by atoms with Crippen LogP contribution in [-0.4, -0.2) is 55.4 Å². The molecule has 0 bridgehead atoms. The molecule has 2 aliphatic rings. The summed E-state index contributed by atoms with van der Waals surface area (Å²) >= 11 is 0. The van der Waals surface area contributed by atoms with Gasteiger partial charge in [0.25, 0.3) is 5.91 Å². The smallest absolute Gasteiger partial charge is 0.259 e. The highest BCUT2D eigenvalue weighted by molar-refractivity contribution is 6.00. The van der Waals surface area contributed by atoms with Gasteiger partial charge in [0.2, 0.25) is 5.91 Å². The van der Waals surface area contributed by atoms with Gasteiger partial charge in [-0.2, -0.15) is 5.10 Å². The number of aryl methyl sites for hydroxylation is 1. The molecule has 1 aromatic carbocycles. The van der Waals surface area contributed by atoms with Crippen molar-refractivity contribution in [3.8, 4) is 0 Å². The summed E-state index contributed by atoms with van der Waals surface area (Å²) in [6.07, 6.45) is 5.92. The van der Waals surface area contributed by atoms with Crippen molar-refractivity contribution in [3.63, 3.8) is 0 Å². The number of nitrogens with zero attached hydrogens (tertiary/aromatic N) is 5. The summed E-state index contributed by atoms with van der Waals surface area (Å²) in [5, 5.41) is 4.31. The fraction of sp³-hybridized carbons (Fsp3) is 0.409. The maximum absolute atomic E-state index is 13.3. The lowest BCUT2D eigenvalue weighted by Crippen LogP contribution is -2.37. The van der Waals surface area contributed by atoms with Gasteiger partial charge in [-0.3, -0.25) is 9.59 Å². The molecule has 7 heteroatoms. The normalized spacial score (nSPS) is 23.7. The Balaban J connectivity index is 1.44. The first-order valence-corrected chi connectivity index (χ1v) is 10.2. The van der Waals surface area contributed by atoms with Crippen LogP contribution in [0.1, 0.15) is 35.3 Å². The van der Waals surface area contributed by atoms with E-state index in [-0.39, 0.29) is 23.8 Å². The lowest BCUT2D eigenvalue weighted by Gasteiger charge is -2.29. The van der Waals surface area contributed by atoms with E-state index in [1.54, 1.807) is 10.7 Å². The average molecular weight is 391 g/mol. The second-order valence-electron chi connectivity index (χ2n) is 8.12. The molecule has 2 saturated heterocycles. The third-order valence-electron chi connectivity index (χ3n) is 6.48. The Kier molecular flexibility index (Phi) is 4.19. The maximum atomic E-state index is 13.3. The fourth-order valence-corrected chi connectivity index (χ4v) is 5.12. The molecule has 3 atom stereocenters. The minimum atomic E-state index is 0.0244. The van der Waals surface area contributed by atoms with Crippen LogP contribution < -0.4 is 0 Å². The zero-order valence-corrected chi connectivity index (χ0v) is 16.7. The van der Waals surface area contributed by atoms with Crippen LogP contribution in [0.5, 0.6) is 0 Å². The molecule has 0 saturated carbocycles. The molecule has 0 unspecified atom stereocenters. The summed E-state index contributed by atoms with van der Waals surface area (Å²) < 4.78 is 3.66. The van der Waals surface area contributed by atoms with Crippen molar-refractivity contribution >= 4 is 17.5 Å². The third kappa shape index (κ3) is 2.75. The molecular formula is C22H25N5O2. The van der Waals surface area contributed by atoms with E-state index in [0.29, 0.717) is 37.5 Å². The number of likely N-dealkylation sites (tertiary alicyclic amines) is 2. The molecule has 2 aliphatic heterocycles. The lowest BCUT2D eigenvalue weighted by atomic mass is 9.89. The lowest BCUT2D eigenvalue weighted by molar-refractivity contribution is -0.132. The van der Waals surface area contributed by atoms with Gasteiger partial charge in [0.1, 0.15) is 11.2 Å². The molecule has 5 rings (SSSR count). The quantitative estimate of drug-likeness (QED) is 0.689. The van der Waals surface area contributed by atoms with E-state index in [9.17, 15) is 9.59 Å². The number of rotatable bonds is 3. The molecule has 2 aromatic heterocycles. The number of carbonyl (C=O) groups excluding carboxylic acids is 2. The average Bonchev–Trinajstić information content (AvgIpc) is 3.48. The van der Waals surface area contributed by atoms with Gasteiger partial charge in [-0.15, -0.1) is 0 Å². The van der Waals surface area contributed by atoms with Crippen molar-refractivity contribution in [2.45, 2.75) is 19.4 Å².